The van der Waals surface area contributed by atoms with E-state index in [0.29, 0.717) is 6.04 Å². The Bertz CT molecular complexity index is 689. The lowest BCUT2D eigenvalue weighted by Gasteiger charge is -2.05. The first-order chi connectivity index (χ1) is 9.31. The molecule has 1 atom stereocenters. The average Bonchev–Trinajstić information content (AvgIpc) is 2.88. The largest absolute Gasteiger partial charge is 0.359 e. The molecular weight excluding hydrogens is 234 g/mol. The van der Waals surface area contributed by atoms with E-state index in [4.69, 9.17) is 4.99 Å². The van der Waals surface area contributed by atoms with E-state index in [-0.39, 0.29) is 0 Å². The number of aryl methyl sites for hydroxylation is 1. The zero-order valence-corrected chi connectivity index (χ0v) is 10.8. The third-order valence-electron chi connectivity index (χ3n) is 3.73. The summed E-state index contributed by atoms with van der Waals surface area (Å²) in [5.74, 6) is 1.11. The molecule has 3 nitrogen and oxygen atoms in total. The first-order valence-corrected chi connectivity index (χ1v) is 6.57. The second-order valence-corrected chi connectivity index (χ2v) is 5.17. The van der Waals surface area contributed by atoms with Crippen LogP contribution in [0.1, 0.15) is 16.7 Å². The quantitative estimate of drug-likeness (QED) is 0.843. The molecule has 3 heteroatoms. The second-order valence-electron chi connectivity index (χ2n) is 5.17. The van der Waals surface area contributed by atoms with E-state index >= 15 is 0 Å². The topological polar surface area (TPSA) is 40.2 Å². The Kier molecular flexibility index (Phi) is 2.15. The number of hydrogen-bond donors (Lipinski definition) is 2. The number of aromatic nitrogens is 1. The van der Waals surface area contributed by atoms with Gasteiger partial charge in [0, 0.05) is 17.3 Å². The molecule has 94 valence electrons. The molecular formula is C16H15N3. The Morgan fingerprint density at radius 1 is 1.16 bits per heavy atom. The maximum atomic E-state index is 4.71. The SMILES string of the molecule is Cc1ccc(CN=C2C3=Cc4cc[nH]c4N[C@@H]32)cc1. The van der Waals surface area contributed by atoms with Gasteiger partial charge in [-0.15, -0.1) is 0 Å². The number of nitrogens with zero attached hydrogens (tertiary/aromatic N) is 1. The van der Waals surface area contributed by atoms with Crippen LogP contribution in [0.25, 0.3) is 6.08 Å². The number of aliphatic imine (C=N–C) groups is 1. The molecule has 1 aliphatic heterocycles. The van der Waals surface area contributed by atoms with Gasteiger partial charge in [0.05, 0.1) is 18.3 Å². The van der Waals surface area contributed by atoms with Gasteiger partial charge in [-0.2, -0.15) is 0 Å². The number of nitrogens with one attached hydrogen (secondary N) is 2. The number of fused-ring (bicyclic) bond motifs is 2. The van der Waals surface area contributed by atoms with Crippen molar-refractivity contribution in [3.8, 4) is 0 Å². The van der Waals surface area contributed by atoms with E-state index < -0.39 is 0 Å². The summed E-state index contributed by atoms with van der Waals surface area (Å²) in [6.07, 6.45) is 4.18. The Morgan fingerprint density at radius 3 is 2.84 bits per heavy atom. The maximum Gasteiger partial charge on any atom is 0.111 e. The molecule has 1 aromatic carbocycles. The lowest BCUT2D eigenvalue weighted by Crippen LogP contribution is -2.07. The Morgan fingerprint density at radius 2 is 2.00 bits per heavy atom. The zero-order chi connectivity index (χ0) is 12.8. The van der Waals surface area contributed by atoms with E-state index in [1.807, 2.05) is 6.20 Å². The third kappa shape index (κ3) is 1.78. The first-order valence-electron chi connectivity index (χ1n) is 6.57. The number of benzene rings is 1. The molecule has 1 aliphatic carbocycles. The molecule has 19 heavy (non-hydrogen) atoms. The minimum Gasteiger partial charge on any atom is -0.359 e. The predicted octanol–water partition coefficient (Wildman–Crippen LogP) is 3.16. The van der Waals surface area contributed by atoms with Gasteiger partial charge >= 0.3 is 0 Å². The Balaban J connectivity index is 1.53. The summed E-state index contributed by atoms with van der Waals surface area (Å²) in [7, 11) is 0. The maximum absolute atomic E-state index is 4.71. The van der Waals surface area contributed by atoms with E-state index in [0.717, 1.165) is 12.4 Å². The van der Waals surface area contributed by atoms with E-state index in [1.165, 1.54) is 28.0 Å². The Labute approximate surface area is 112 Å². The molecule has 0 radical (unpaired) electrons. The molecule has 4 rings (SSSR count). The molecule has 0 unspecified atom stereocenters. The molecule has 1 saturated carbocycles. The fourth-order valence-electron chi connectivity index (χ4n) is 2.52. The van der Waals surface area contributed by atoms with Crippen LogP contribution in [0.4, 0.5) is 5.82 Å². The van der Waals surface area contributed by atoms with Crippen LogP contribution in [0.2, 0.25) is 0 Å². The molecule has 2 aromatic rings. The van der Waals surface area contributed by atoms with Crippen LogP contribution >= 0.6 is 0 Å². The van der Waals surface area contributed by atoms with Crippen molar-refractivity contribution in [2.24, 2.45) is 4.99 Å². The van der Waals surface area contributed by atoms with Crippen LogP contribution in [-0.4, -0.2) is 16.7 Å². The lowest BCUT2D eigenvalue weighted by atomic mass is 10.1. The van der Waals surface area contributed by atoms with Crippen molar-refractivity contribution in [2.75, 3.05) is 5.32 Å². The number of rotatable bonds is 2. The van der Waals surface area contributed by atoms with Gasteiger partial charge in [-0.3, -0.25) is 4.99 Å². The number of anilines is 1. The smallest absolute Gasteiger partial charge is 0.111 e. The van der Waals surface area contributed by atoms with Crippen molar-refractivity contribution >= 4 is 17.6 Å². The first kappa shape index (κ1) is 10.6. The monoisotopic (exact) mass is 249 g/mol. The fraction of sp³-hybridized carbons (Fsp3) is 0.188. The zero-order valence-electron chi connectivity index (χ0n) is 10.8. The summed E-state index contributed by atoms with van der Waals surface area (Å²) < 4.78 is 0. The van der Waals surface area contributed by atoms with Crippen LogP contribution in [0, 0.1) is 6.92 Å². The van der Waals surface area contributed by atoms with Gasteiger partial charge < -0.3 is 10.3 Å². The van der Waals surface area contributed by atoms with Crippen molar-refractivity contribution in [3.63, 3.8) is 0 Å². The molecule has 2 heterocycles. The fourth-order valence-corrected chi connectivity index (χ4v) is 2.52. The van der Waals surface area contributed by atoms with E-state index in [2.05, 4.69) is 53.6 Å². The van der Waals surface area contributed by atoms with E-state index in [1.54, 1.807) is 0 Å². The van der Waals surface area contributed by atoms with Crippen molar-refractivity contribution in [1.29, 1.82) is 0 Å². The van der Waals surface area contributed by atoms with Crippen LogP contribution in [-0.2, 0) is 6.54 Å². The second kappa shape index (κ2) is 3.85. The van der Waals surface area contributed by atoms with E-state index in [9.17, 15) is 0 Å². The molecule has 0 bridgehead atoms. The predicted molar refractivity (Wildman–Crippen MR) is 78.5 cm³/mol. The van der Waals surface area contributed by atoms with Gasteiger partial charge in [-0.1, -0.05) is 29.8 Å². The molecule has 0 saturated heterocycles. The number of H-pyrrole nitrogens is 1. The van der Waals surface area contributed by atoms with Crippen molar-refractivity contribution in [2.45, 2.75) is 19.5 Å². The minimum atomic E-state index is 0.330. The summed E-state index contributed by atoms with van der Waals surface area (Å²) in [5, 5.41) is 3.45. The standard InChI is InChI=1S/C16H15N3/c1-10-2-4-11(5-3-10)9-18-14-13-8-12-6-7-17-16(12)19-15(13)14/h2-8,15,17,19H,9H2,1H3/t15-/m0/s1. The van der Waals surface area contributed by atoms with Crippen LogP contribution in [0.3, 0.4) is 0 Å². The van der Waals surface area contributed by atoms with Crippen LogP contribution < -0.4 is 5.32 Å². The number of hydrogen-bond acceptors (Lipinski definition) is 2. The van der Waals surface area contributed by atoms with Gasteiger partial charge in [-0.25, -0.2) is 0 Å². The minimum absolute atomic E-state index is 0.330. The Hall–Kier alpha value is -2.29. The third-order valence-corrected chi connectivity index (χ3v) is 3.73. The highest BCUT2D eigenvalue weighted by atomic mass is 15.1. The van der Waals surface area contributed by atoms with Gasteiger partial charge in [-0.05, 0) is 24.6 Å². The summed E-state index contributed by atoms with van der Waals surface area (Å²) >= 11 is 0. The van der Waals surface area contributed by atoms with Gasteiger partial charge in [0.1, 0.15) is 5.82 Å². The molecule has 0 amide bonds. The van der Waals surface area contributed by atoms with Crippen molar-refractivity contribution in [3.05, 3.63) is 58.8 Å². The van der Waals surface area contributed by atoms with Crippen molar-refractivity contribution in [1.82, 2.24) is 4.98 Å². The summed E-state index contributed by atoms with van der Waals surface area (Å²) in [4.78, 5) is 7.92. The molecule has 0 spiro atoms. The molecule has 2 N–H and O–H groups in total. The molecule has 1 fully saturated rings. The van der Waals surface area contributed by atoms with Gasteiger partial charge in [0.15, 0.2) is 0 Å². The molecule has 2 aliphatic rings. The van der Waals surface area contributed by atoms with Crippen LogP contribution in [0.5, 0.6) is 0 Å². The summed E-state index contributed by atoms with van der Waals surface area (Å²) in [5.41, 5.74) is 6.32. The highest BCUT2D eigenvalue weighted by Crippen LogP contribution is 2.38. The van der Waals surface area contributed by atoms with Gasteiger partial charge in [0.25, 0.3) is 0 Å². The summed E-state index contributed by atoms with van der Waals surface area (Å²) in [6, 6.07) is 11.0. The molecule has 1 aromatic heterocycles. The average molecular weight is 249 g/mol. The lowest BCUT2D eigenvalue weighted by molar-refractivity contribution is 1.07. The van der Waals surface area contributed by atoms with Crippen molar-refractivity contribution < 1.29 is 0 Å². The highest BCUT2D eigenvalue weighted by molar-refractivity contribution is 6.29. The van der Waals surface area contributed by atoms with Crippen LogP contribution in [0.15, 0.2) is 47.1 Å². The number of aromatic amines is 1. The summed E-state index contributed by atoms with van der Waals surface area (Å²) in [6.45, 7) is 2.87. The highest BCUT2D eigenvalue weighted by Gasteiger charge is 2.42. The normalized spacial score (nSPS) is 21.4. The van der Waals surface area contributed by atoms with Gasteiger partial charge in [0.2, 0.25) is 0 Å².